The normalized spacial score (nSPS) is 13.6. The Morgan fingerprint density at radius 1 is 0.822 bits per heavy atom. The summed E-state index contributed by atoms with van der Waals surface area (Å²) >= 11 is 3.63. The summed E-state index contributed by atoms with van der Waals surface area (Å²) in [4.78, 5) is 96.1. The number of carboxylic acids is 2. The summed E-state index contributed by atoms with van der Waals surface area (Å²) in [6.07, 6.45) is 2.56. The van der Waals surface area contributed by atoms with E-state index in [1.165, 1.54) is 19.4 Å². The van der Waals surface area contributed by atoms with Crippen LogP contribution < -0.4 is 21.3 Å². The molecule has 8 N–H and O–H groups in total. The minimum Gasteiger partial charge on any atom is -0.481 e. The molecule has 0 unspecified atom stereocenters. The van der Waals surface area contributed by atoms with Gasteiger partial charge in [-0.05, 0) is 18.1 Å². The monoisotopic (exact) mass is 643 g/mol. The van der Waals surface area contributed by atoms with E-state index < -0.39 is 77.7 Å². The molecule has 3 aromatic rings. The third kappa shape index (κ3) is 10.5. The second-order valence-electron chi connectivity index (χ2n) is 10.1. The van der Waals surface area contributed by atoms with Gasteiger partial charge in [-0.25, -0.2) is 4.98 Å². The van der Waals surface area contributed by atoms with Gasteiger partial charge < -0.3 is 41.4 Å². The van der Waals surface area contributed by atoms with Crippen LogP contribution in [0.1, 0.15) is 37.4 Å². The summed E-state index contributed by atoms with van der Waals surface area (Å²) < 4.78 is 0. The van der Waals surface area contributed by atoms with Crippen molar-refractivity contribution in [1.29, 1.82) is 0 Å². The predicted octanol–water partition coefficient (Wildman–Crippen LogP) is -0.569. The first-order valence-electron chi connectivity index (χ1n) is 13.7. The first-order valence-corrected chi connectivity index (χ1v) is 14.2. The van der Waals surface area contributed by atoms with Crippen LogP contribution in [0.25, 0.3) is 10.9 Å². The maximum absolute atomic E-state index is 13.5. The van der Waals surface area contributed by atoms with Gasteiger partial charge in [0.15, 0.2) is 0 Å². The number of carbonyl (C=O) groups excluding carboxylic acids is 5. The third-order valence-electron chi connectivity index (χ3n) is 6.68. The maximum atomic E-state index is 13.5. The average Bonchev–Trinajstić information content (AvgIpc) is 3.63. The number of aromatic amines is 2. The Morgan fingerprint density at radius 3 is 2.04 bits per heavy atom. The highest BCUT2D eigenvalue weighted by molar-refractivity contribution is 7.96. The zero-order valence-electron chi connectivity index (χ0n) is 24.0. The average molecular weight is 644 g/mol. The molecule has 0 spiro atoms. The van der Waals surface area contributed by atoms with Crippen LogP contribution in [0.5, 0.6) is 0 Å². The molecule has 0 saturated carbocycles. The van der Waals surface area contributed by atoms with Gasteiger partial charge in [-0.2, -0.15) is 0 Å². The number of thiol groups is 1. The van der Waals surface area contributed by atoms with E-state index in [1.807, 2.05) is 24.3 Å². The van der Waals surface area contributed by atoms with Gasteiger partial charge in [0.1, 0.15) is 24.2 Å². The SMILES string of the molecule is CC(=O)N[C@@H](Cc1c[nH]c2ccccc12)C(=O)N[C@@H](CCC(=O)O)C(=O)N[C@@H](Cc1cnc[nH]1)C(=O)N[C@@H](CC(=O)O)C(=O)S. The molecule has 2 heterocycles. The van der Waals surface area contributed by atoms with Crippen LogP contribution in [0.2, 0.25) is 0 Å². The molecule has 4 amide bonds. The summed E-state index contributed by atoms with van der Waals surface area (Å²) in [5, 5.41) is 28.0. The second-order valence-corrected chi connectivity index (χ2v) is 10.6. The lowest BCUT2D eigenvalue weighted by Gasteiger charge is -2.25. The predicted molar refractivity (Wildman–Crippen MR) is 161 cm³/mol. The van der Waals surface area contributed by atoms with E-state index in [9.17, 15) is 38.7 Å². The molecule has 16 nitrogen and oxygen atoms in total. The summed E-state index contributed by atoms with van der Waals surface area (Å²) in [5.41, 5.74) is 1.90. The number of carboxylic acid groups (broad SMARTS) is 2. The molecule has 2 aromatic heterocycles. The van der Waals surface area contributed by atoms with Crippen LogP contribution in [-0.2, 0) is 46.4 Å². The Balaban J connectivity index is 1.83. The zero-order valence-corrected chi connectivity index (χ0v) is 24.9. The van der Waals surface area contributed by atoms with Crippen LogP contribution >= 0.6 is 12.6 Å². The van der Waals surface area contributed by atoms with Gasteiger partial charge in [0, 0.05) is 55.2 Å². The van der Waals surface area contributed by atoms with E-state index in [2.05, 4.69) is 48.8 Å². The summed E-state index contributed by atoms with van der Waals surface area (Å²) in [5.74, 6) is -5.81. The number of imidazole rings is 1. The van der Waals surface area contributed by atoms with Gasteiger partial charge in [-0.3, -0.25) is 33.6 Å². The van der Waals surface area contributed by atoms with Gasteiger partial charge in [-0.1, -0.05) is 18.2 Å². The molecule has 0 fully saturated rings. The number of aromatic nitrogens is 3. The fourth-order valence-corrected chi connectivity index (χ4v) is 4.68. The van der Waals surface area contributed by atoms with Gasteiger partial charge >= 0.3 is 11.9 Å². The van der Waals surface area contributed by atoms with Crippen molar-refractivity contribution < 1.29 is 43.8 Å². The number of rotatable bonds is 17. The zero-order chi connectivity index (χ0) is 33.1. The quantitative estimate of drug-likeness (QED) is 0.0847. The molecule has 1 aromatic carbocycles. The number of carbonyl (C=O) groups is 7. The van der Waals surface area contributed by atoms with E-state index >= 15 is 0 Å². The Hall–Kier alpha value is -5.19. The second kappa shape index (κ2) is 16.0. The Kier molecular flexibility index (Phi) is 12.2. The molecule has 0 radical (unpaired) electrons. The fourth-order valence-electron chi connectivity index (χ4n) is 4.53. The van der Waals surface area contributed by atoms with E-state index in [0.29, 0.717) is 11.3 Å². The fraction of sp³-hybridized carbons (Fsp3) is 0.357. The minimum absolute atomic E-state index is 0.0380. The molecule has 0 saturated heterocycles. The lowest BCUT2D eigenvalue weighted by atomic mass is 10.0. The number of hydrogen-bond donors (Lipinski definition) is 9. The van der Waals surface area contributed by atoms with Crippen LogP contribution in [-0.4, -0.2) is 90.0 Å². The first kappa shape index (κ1) is 34.3. The highest BCUT2D eigenvalue weighted by Gasteiger charge is 2.32. The number of fused-ring (bicyclic) bond motifs is 1. The largest absolute Gasteiger partial charge is 0.481 e. The molecular weight excluding hydrogens is 610 g/mol. The smallest absolute Gasteiger partial charge is 0.305 e. The highest BCUT2D eigenvalue weighted by Crippen LogP contribution is 2.19. The van der Waals surface area contributed by atoms with Gasteiger partial charge in [0.25, 0.3) is 0 Å². The number of H-pyrrole nitrogens is 2. The molecule has 240 valence electrons. The van der Waals surface area contributed by atoms with Crippen molar-refractivity contribution >= 4 is 64.2 Å². The maximum Gasteiger partial charge on any atom is 0.305 e. The third-order valence-corrected chi connectivity index (χ3v) is 6.99. The molecule has 3 rings (SSSR count). The van der Waals surface area contributed by atoms with Crippen molar-refractivity contribution in [2.45, 2.75) is 63.2 Å². The van der Waals surface area contributed by atoms with Gasteiger partial charge in [0.05, 0.1) is 12.7 Å². The molecule has 4 atom stereocenters. The van der Waals surface area contributed by atoms with Crippen molar-refractivity contribution in [1.82, 2.24) is 36.2 Å². The lowest BCUT2D eigenvalue weighted by molar-refractivity contribution is -0.140. The first-order chi connectivity index (χ1) is 21.3. The lowest BCUT2D eigenvalue weighted by Crippen LogP contribution is -2.58. The van der Waals surface area contributed by atoms with Crippen LogP contribution in [0.3, 0.4) is 0 Å². The molecule has 0 bridgehead atoms. The number of para-hydroxylation sites is 1. The van der Waals surface area contributed by atoms with Crippen molar-refractivity contribution in [3.8, 4) is 0 Å². The molecule has 0 aliphatic carbocycles. The van der Waals surface area contributed by atoms with Crippen LogP contribution in [0.15, 0.2) is 43.0 Å². The molecular formula is C28H33N7O9S. The number of hydrogen-bond acceptors (Lipinski definition) is 8. The Labute approximate surface area is 261 Å². The Bertz CT molecular complexity index is 1560. The molecule has 17 heteroatoms. The standard InChI is InChI=1S/C28H33N7O9S/c1-14(36)32-20(8-15-11-30-18-5-3-2-4-17(15)18)26(42)33-19(6-7-23(37)38)25(41)34-21(9-16-12-29-13-31-16)27(43)35-22(28(44)45)10-24(39)40/h2-5,11-13,19-22,30H,6-10H2,1H3,(H,29,31)(H,32,36)(H,33,42)(H,34,41)(H,35,43)(H,37,38)(H,39,40)(H,44,45)/t19-,20-,21-,22-/m0/s1. The van der Waals surface area contributed by atoms with Crippen molar-refractivity contribution in [2.75, 3.05) is 0 Å². The number of amides is 4. The number of aliphatic carboxylic acids is 2. The van der Waals surface area contributed by atoms with Gasteiger partial charge in [-0.15, -0.1) is 12.6 Å². The van der Waals surface area contributed by atoms with E-state index in [0.717, 1.165) is 10.9 Å². The van der Waals surface area contributed by atoms with Gasteiger partial charge in [0.2, 0.25) is 28.7 Å². The minimum atomic E-state index is -1.51. The van der Waals surface area contributed by atoms with Crippen molar-refractivity contribution in [3.05, 3.63) is 54.2 Å². The topological polar surface area (TPSA) is 253 Å². The van der Waals surface area contributed by atoms with E-state index in [1.54, 1.807) is 6.20 Å². The number of nitrogens with zero attached hydrogens (tertiary/aromatic N) is 1. The van der Waals surface area contributed by atoms with Crippen molar-refractivity contribution in [3.63, 3.8) is 0 Å². The highest BCUT2D eigenvalue weighted by atomic mass is 32.1. The Morgan fingerprint density at radius 2 is 1.44 bits per heavy atom. The summed E-state index contributed by atoms with van der Waals surface area (Å²) in [7, 11) is 0. The number of benzene rings is 1. The van der Waals surface area contributed by atoms with E-state index in [-0.39, 0.29) is 19.3 Å². The van der Waals surface area contributed by atoms with Crippen LogP contribution in [0, 0.1) is 0 Å². The summed E-state index contributed by atoms with van der Waals surface area (Å²) in [6, 6.07) is 1.77. The van der Waals surface area contributed by atoms with E-state index in [4.69, 9.17) is 5.11 Å². The molecule has 45 heavy (non-hydrogen) atoms. The van der Waals surface area contributed by atoms with Crippen molar-refractivity contribution in [2.24, 2.45) is 0 Å². The number of nitrogens with one attached hydrogen (secondary N) is 6. The summed E-state index contributed by atoms with van der Waals surface area (Å²) in [6.45, 7) is 1.22. The molecule has 0 aliphatic rings. The molecule has 0 aliphatic heterocycles. The van der Waals surface area contributed by atoms with Crippen LogP contribution in [0.4, 0.5) is 0 Å².